The summed E-state index contributed by atoms with van der Waals surface area (Å²) in [6.45, 7) is 21.9. The molecule has 0 radical (unpaired) electrons. The van der Waals surface area contributed by atoms with E-state index in [4.69, 9.17) is 20.1 Å². The number of carboxylic acids is 3. The van der Waals surface area contributed by atoms with Crippen molar-refractivity contribution in [3.05, 3.63) is 30.9 Å². The molecule has 5 rings (SSSR count). The van der Waals surface area contributed by atoms with E-state index in [-0.39, 0.29) is 68.3 Å². The predicted molar refractivity (Wildman–Crippen MR) is 279 cm³/mol. The van der Waals surface area contributed by atoms with Crippen molar-refractivity contribution in [1.82, 2.24) is 54.2 Å². The zero-order valence-electron chi connectivity index (χ0n) is 44.4. The molecule has 7 N–H and O–H groups in total. The van der Waals surface area contributed by atoms with Crippen LogP contribution in [0.5, 0.6) is 0 Å². The highest BCUT2D eigenvalue weighted by atomic mass is 19.1. The number of nitrogens with zero attached hydrogens (tertiary/aromatic N) is 11. The Morgan fingerprint density at radius 2 is 1.29 bits per heavy atom. The van der Waals surface area contributed by atoms with E-state index in [1.165, 1.54) is 0 Å². The molecule has 0 spiro atoms. The van der Waals surface area contributed by atoms with E-state index < -0.39 is 30.0 Å². The van der Waals surface area contributed by atoms with Crippen molar-refractivity contribution in [2.45, 2.75) is 156 Å². The van der Waals surface area contributed by atoms with E-state index in [0.717, 1.165) is 36.7 Å². The fourth-order valence-electron chi connectivity index (χ4n) is 9.61. The number of anilines is 3. The summed E-state index contributed by atoms with van der Waals surface area (Å²) in [5.41, 5.74) is 7.22. The number of nitrogens with two attached hydrogens (primary N) is 1. The number of unbranched alkanes of at least 4 members (excludes halogenated alkanes) is 2. The van der Waals surface area contributed by atoms with Gasteiger partial charge in [-0.15, -0.1) is 0 Å². The summed E-state index contributed by atoms with van der Waals surface area (Å²) in [7, 11) is 0. The lowest BCUT2D eigenvalue weighted by molar-refractivity contribution is -0.143. The Morgan fingerprint density at radius 3 is 1.71 bits per heavy atom. The van der Waals surface area contributed by atoms with Crippen LogP contribution in [0.15, 0.2) is 25.2 Å². The zero-order valence-corrected chi connectivity index (χ0v) is 44.4. The van der Waals surface area contributed by atoms with Crippen molar-refractivity contribution in [2.75, 3.05) is 82.2 Å². The summed E-state index contributed by atoms with van der Waals surface area (Å²) in [6, 6.07) is -1.07. The molecule has 3 aromatic heterocycles. The fraction of sp³-hybridized carbons (Fsp3) is 0.700. The van der Waals surface area contributed by atoms with Gasteiger partial charge in [0, 0.05) is 81.7 Å². The van der Waals surface area contributed by atoms with Crippen molar-refractivity contribution < 1.29 is 43.7 Å². The minimum absolute atomic E-state index is 0.0593. The van der Waals surface area contributed by atoms with Gasteiger partial charge in [0.25, 0.3) is 0 Å². The second-order valence-corrected chi connectivity index (χ2v) is 20.1. The lowest BCUT2D eigenvalue weighted by Gasteiger charge is -2.45. The maximum Gasteiger partial charge on any atom is 0.317 e. The first kappa shape index (κ1) is 59.8. The Bertz CT molecular complexity index is 2270. The first-order chi connectivity index (χ1) is 34.6. The van der Waals surface area contributed by atoms with Gasteiger partial charge in [0.1, 0.15) is 6.17 Å². The number of carbonyl (C=O) groups excluding carboxylic acids is 2. The summed E-state index contributed by atoms with van der Waals surface area (Å²) in [5.74, 6) is -2.61. The highest BCUT2D eigenvalue weighted by Crippen LogP contribution is 2.31. The van der Waals surface area contributed by atoms with Crippen molar-refractivity contribution in [2.24, 2.45) is 5.73 Å². The van der Waals surface area contributed by atoms with Gasteiger partial charge in [0.15, 0.2) is 17.0 Å². The Kier molecular flexibility index (Phi) is 23.4. The third kappa shape index (κ3) is 18.0. The summed E-state index contributed by atoms with van der Waals surface area (Å²) in [4.78, 5) is 83.9. The molecule has 2 aliphatic rings. The molecule has 2 saturated heterocycles. The average Bonchev–Trinajstić information content (AvgIpc) is 4.08. The fourth-order valence-corrected chi connectivity index (χ4v) is 9.61. The highest BCUT2D eigenvalue weighted by molar-refractivity contribution is 5.87. The van der Waals surface area contributed by atoms with Crippen molar-refractivity contribution >= 4 is 58.3 Å². The number of aliphatic carboxylic acids is 3. The number of halogens is 1. The van der Waals surface area contributed by atoms with Crippen LogP contribution < -0.4 is 21.3 Å². The molecule has 73 heavy (non-hydrogen) atoms. The maximum absolute atomic E-state index is 14.3. The van der Waals surface area contributed by atoms with E-state index >= 15 is 0 Å². The van der Waals surface area contributed by atoms with E-state index in [2.05, 4.69) is 48.6 Å². The number of alkyl halides is 1. The molecule has 5 heterocycles. The number of primary amides is 1. The topological polar surface area (TPSA) is 274 Å². The number of fused-ring (bicyclic) bond motifs is 1. The third-order valence-electron chi connectivity index (χ3n) is 13.6. The summed E-state index contributed by atoms with van der Waals surface area (Å²) in [5, 5.41) is 41.4. The van der Waals surface area contributed by atoms with Gasteiger partial charge in [-0.2, -0.15) is 15.1 Å². The standard InChI is InChI=1S/C47H78FN13O7.C3H5NO/c1-9-33-23-57(28-40(63)64)35(11-3)25-59(30-42(67)68)36(12-4)24-58(29-41(65)66)34(10-2)22-56(33)27-39(62)49-18-15-14-16-19-60-26-38(37(13-5)54-60)51-44-43-45(61(31-50-43)47(6,7)8)53-46(52-44)55-20-17-32(48)21-55;1-2-3(4)5/h26,31-36H,9-25,27-30H2,1-8H3,(H,49,62)(H,63,64)(H,65,66)(H,67,68)(H,51,52,53);2H,1H2,(H2,4,5). The van der Waals surface area contributed by atoms with Gasteiger partial charge in [-0.1, -0.05) is 41.2 Å². The van der Waals surface area contributed by atoms with Crippen molar-refractivity contribution in [3.63, 3.8) is 0 Å². The van der Waals surface area contributed by atoms with Crippen LogP contribution in [0.25, 0.3) is 11.2 Å². The summed E-state index contributed by atoms with van der Waals surface area (Å²) in [6.07, 6.45) is 9.74. The zero-order chi connectivity index (χ0) is 54.0. The lowest BCUT2D eigenvalue weighted by Crippen LogP contribution is -2.60. The van der Waals surface area contributed by atoms with Crippen LogP contribution in [0, 0.1) is 0 Å². The smallest absolute Gasteiger partial charge is 0.317 e. The van der Waals surface area contributed by atoms with E-state index in [9.17, 15) is 43.7 Å². The monoisotopic (exact) mass is 1030 g/mol. The average molecular weight is 1030 g/mol. The Morgan fingerprint density at radius 1 is 0.781 bits per heavy atom. The minimum atomic E-state index is -1.000. The molecule has 408 valence electrons. The molecule has 5 atom stereocenters. The number of aryl methyl sites for hydroxylation is 2. The van der Waals surface area contributed by atoms with Gasteiger partial charge >= 0.3 is 17.9 Å². The van der Waals surface area contributed by atoms with Gasteiger partial charge in [0.2, 0.25) is 17.8 Å². The third-order valence-corrected chi connectivity index (χ3v) is 13.6. The molecule has 0 bridgehead atoms. The molecular weight excluding hydrogens is 944 g/mol. The summed E-state index contributed by atoms with van der Waals surface area (Å²) >= 11 is 0. The largest absolute Gasteiger partial charge is 0.480 e. The SMILES string of the molecule is C=CC(N)=O.CCc1nn(CCCCCNC(=O)CN2CC(CC)N(CC(=O)O)CC(CC)N(CC(=O)O)CC(CC)N(CC(=O)O)CC2CC)cc1Nc1nc(N2CCC(F)C2)nc2c1ncn2C(C)(C)C. The Hall–Kier alpha value is -5.78. The normalized spacial score (nSPS) is 20.9. The van der Waals surface area contributed by atoms with E-state index in [1.54, 1.807) is 6.33 Å². The van der Waals surface area contributed by atoms with Crippen molar-refractivity contribution in [3.8, 4) is 0 Å². The number of amides is 2. The van der Waals surface area contributed by atoms with Crippen LogP contribution in [0.3, 0.4) is 0 Å². The number of nitrogens with one attached hydrogen (secondary N) is 2. The molecule has 0 saturated carbocycles. The second-order valence-electron chi connectivity index (χ2n) is 20.1. The number of hydrogen-bond acceptors (Lipinski definition) is 15. The highest BCUT2D eigenvalue weighted by Gasteiger charge is 2.35. The van der Waals surface area contributed by atoms with Crippen LogP contribution in [0.4, 0.5) is 21.8 Å². The minimum Gasteiger partial charge on any atom is -0.480 e. The van der Waals surface area contributed by atoms with E-state index in [1.807, 2.05) is 69.7 Å². The Balaban J connectivity index is 0.00000220. The Labute approximate surface area is 429 Å². The maximum atomic E-state index is 14.3. The van der Waals surface area contributed by atoms with Gasteiger partial charge in [-0.25, -0.2) is 9.37 Å². The molecule has 22 nitrogen and oxygen atoms in total. The molecule has 3 aromatic rings. The van der Waals surface area contributed by atoms with Crippen LogP contribution >= 0.6 is 0 Å². The van der Waals surface area contributed by atoms with Crippen LogP contribution in [0.2, 0.25) is 0 Å². The van der Waals surface area contributed by atoms with Crippen LogP contribution in [-0.4, -0.2) is 196 Å². The number of imidazole rings is 1. The van der Waals surface area contributed by atoms with Gasteiger partial charge < -0.3 is 41.2 Å². The summed E-state index contributed by atoms with van der Waals surface area (Å²) < 4.78 is 18.2. The van der Waals surface area contributed by atoms with Crippen molar-refractivity contribution in [1.29, 1.82) is 0 Å². The first-order valence-corrected chi connectivity index (χ1v) is 25.9. The van der Waals surface area contributed by atoms with Crippen LogP contribution in [0.1, 0.15) is 112 Å². The molecule has 0 aromatic carbocycles. The molecule has 23 heteroatoms. The second kappa shape index (κ2) is 28.6. The molecule has 5 unspecified atom stereocenters. The molecule has 2 amide bonds. The number of hydrogen-bond donors (Lipinski definition) is 6. The number of carboxylic acid groups (broad SMARTS) is 3. The lowest BCUT2D eigenvalue weighted by atomic mass is 10.0. The van der Waals surface area contributed by atoms with Gasteiger partial charge in [-0.05, 0) is 84.6 Å². The first-order valence-electron chi connectivity index (χ1n) is 25.9. The van der Waals surface area contributed by atoms with Gasteiger partial charge in [0.05, 0.1) is 50.4 Å². The molecule has 2 aliphatic heterocycles. The number of aromatic nitrogens is 6. The number of rotatable bonds is 23. The van der Waals surface area contributed by atoms with Crippen LogP contribution in [-0.2, 0) is 42.5 Å². The van der Waals surface area contributed by atoms with Gasteiger partial charge in [-0.3, -0.25) is 48.3 Å². The van der Waals surface area contributed by atoms with E-state index in [0.29, 0.717) is 107 Å². The predicted octanol–water partition coefficient (Wildman–Crippen LogP) is 4.17. The molecular formula is C50H83FN14O8. The number of carbonyl (C=O) groups is 5. The quantitative estimate of drug-likeness (QED) is 0.0575. The molecule has 0 aliphatic carbocycles. The molecule has 2 fully saturated rings.